The Bertz CT molecular complexity index is 678. The summed E-state index contributed by atoms with van der Waals surface area (Å²) in [5.74, 6) is 0.888. The zero-order valence-electron chi connectivity index (χ0n) is 10.9. The minimum atomic E-state index is -0.339. The number of furan rings is 1. The van der Waals surface area contributed by atoms with Gasteiger partial charge < -0.3 is 4.42 Å². The molecule has 2 rings (SSSR count). The molecule has 0 bridgehead atoms. The second kappa shape index (κ2) is 6.11. The normalized spacial score (nSPS) is 11.0. The molecule has 0 unspecified atom stereocenters. The van der Waals surface area contributed by atoms with E-state index in [0.717, 1.165) is 0 Å². The average molecular weight is 311 g/mol. The molecule has 0 aliphatic heterocycles. The number of amides is 1. The van der Waals surface area contributed by atoms with Crippen molar-refractivity contribution in [1.29, 1.82) is 0 Å². The fraction of sp³-hybridized carbons (Fsp3) is 0.143. The number of rotatable bonds is 3. The molecule has 0 saturated carbocycles. The molecule has 4 nitrogen and oxygen atoms in total. The molecule has 0 spiro atoms. The van der Waals surface area contributed by atoms with Crippen molar-refractivity contribution in [1.82, 2.24) is 5.43 Å². The Morgan fingerprint density at radius 3 is 2.75 bits per heavy atom. The topological polar surface area (TPSA) is 54.6 Å². The van der Waals surface area contributed by atoms with E-state index in [4.69, 9.17) is 27.6 Å². The zero-order valence-corrected chi connectivity index (χ0v) is 12.4. The third-order valence-corrected chi connectivity index (χ3v) is 3.47. The van der Waals surface area contributed by atoms with Crippen LogP contribution in [0.4, 0.5) is 0 Å². The lowest BCUT2D eigenvalue weighted by Gasteiger charge is -2.00. The summed E-state index contributed by atoms with van der Waals surface area (Å²) >= 11 is 11.9. The standard InChI is InChI=1S/C14H12Cl2N2O2/c1-8-6-11(9(2)20-8)14(19)18-17-7-10-4-3-5-12(15)13(10)16/h3-7H,1-2H3,(H,18,19). The Balaban J connectivity index is 2.08. The lowest BCUT2D eigenvalue weighted by atomic mass is 10.2. The maximum Gasteiger partial charge on any atom is 0.274 e. The van der Waals surface area contributed by atoms with Crippen molar-refractivity contribution in [3.8, 4) is 0 Å². The van der Waals surface area contributed by atoms with E-state index in [1.54, 1.807) is 38.1 Å². The number of benzene rings is 1. The molecule has 6 heteroatoms. The van der Waals surface area contributed by atoms with Crippen LogP contribution >= 0.6 is 23.2 Å². The van der Waals surface area contributed by atoms with Crippen LogP contribution in [0.2, 0.25) is 10.0 Å². The predicted molar refractivity (Wildman–Crippen MR) is 79.7 cm³/mol. The molecule has 0 fully saturated rings. The first kappa shape index (κ1) is 14.6. The second-order valence-corrected chi connectivity index (χ2v) is 4.95. The van der Waals surface area contributed by atoms with Crippen LogP contribution < -0.4 is 5.43 Å². The number of nitrogens with one attached hydrogen (secondary N) is 1. The third-order valence-electron chi connectivity index (χ3n) is 2.64. The van der Waals surface area contributed by atoms with Gasteiger partial charge in [-0.2, -0.15) is 5.10 Å². The van der Waals surface area contributed by atoms with E-state index in [1.807, 2.05) is 0 Å². The summed E-state index contributed by atoms with van der Waals surface area (Å²) in [5.41, 5.74) is 3.50. The highest BCUT2D eigenvalue weighted by atomic mass is 35.5. The summed E-state index contributed by atoms with van der Waals surface area (Å²) in [5, 5.41) is 4.69. The molecule has 1 heterocycles. The molecular weight excluding hydrogens is 299 g/mol. The molecule has 1 amide bonds. The molecule has 2 aromatic rings. The van der Waals surface area contributed by atoms with Gasteiger partial charge in [0.15, 0.2) is 0 Å². The van der Waals surface area contributed by atoms with Crippen LogP contribution in [0.1, 0.15) is 27.4 Å². The zero-order chi connectivity index (χ0) is 14.7. The van der Waals surface area contributed by atoms with Crippen molar-refractivity contribution in [2.45, 2.75) is 13.8 Å². The molecule has 104 valence electrons. The Kier molecular flexibility index (Phi) is 4.47. The minimum absolute atomic E-state index is 0.339. The maximum absolute atomic E-state index is 11.9. The van der Waals surface area contributed by atoms with Crippen molar-refractivity contribution in [3.05, 3.63) is 57.0 Å². The quantitative estimate of drug-likeness (QED) is 0.689. The lowest BCUT2D eigenvalue weighted by Crippen LogP contribution is -2.17. The summed E-state index contributed by atoms with van der Waals surface area (Å²) in [7, 11) is 0. The first-order valence-corrected chi connectivity index (χ1v) is 6.59. The van der Waals surface area contributed by atoms with Gasteiger partial charge in [0, 0.05) is 5.56 Å². The molecule has 0 radical (unpaired) electrons. The molecule has 20 heavy (non-hydrogen) atoms. The summed E-state index contributed by atoms with van der Waals surface area (Å²) in [4.78, 5) is 11.9. The number of halogens is 2. The van der Waals surface area contributed by atoms with Crippen molar-refractivity contribution in [2.24, 2.45) is 5.10 Å². The fourth-order valence-corrected chi connectivity index (χ4v) is 2.05. The van der Waals surface area contributed by atoms with Crippen LogP contribution in [-0.2, 0) is 0 Å². The average Bonchev–Trinajstić information content (AvgIpc) is 2.73. The van der Waals surface area contributed by atoms with Crippen molar-refractivity contribution >= 4 is 35.3 Å². The number of hydrogen-bond donors (Lipinski definition) is 1. The van der Waals surface area contributed by atoms with Crippen LogP contribution in [0.25, 0.3) is 0 Å². The van der Waals surface area contributed by atoms with Gasteiger partial charge in [0.2, 0.25) is 0 Å². The fourth-order valence-electron chi connectivity index (χ4n) is 1.70. The van der Waals surface area contributed by atoms with Crippen molar-refractivity contribution in [3.63, 3.8) is 0 Å². The summed E-state index contributed by atoms with van der Waals surface area (Å²) in [6, 6.07) is 6.84. The predicted octanol–water partition coefficient (Wildman–Crippen LogP) is 3.97. The highest BCUT2D eigenvalue weighted by molar-refractivity contribution is 6.43. The van der Waals surface area contributed by atoms with Crippen LogP contribution in [0, 0.1) is 13.8 Å². The molecule has 0 atom stereocenters. The van der Waals surface area contributed by atoms with Gasteiger partial charge in [-0.05, 0) is 26.0 Å². The lowest BCUT2D eigenvalue weighted by molar-refractivity contribution is 0.0953. The molecule has 1 N–H and O–H groups in total. The Hall–Kier alpha value is -1.78. The monoisotopic (exact) mass is 310 g/mol. The number of carbonyl (C=O) groups excluding carboxylic acids is 1. The smallest absolute Gasteiger partial charge is 0.274 e. The van der Waals surface area contributed by atoms with Gasteiger partial charge in [-0.1, -0.05) is 35.3 Å². The largest absolute Gasteiger partial charge is 0.466 e. The summed E-state index contributed by atoms with van der Waals surface area (Å²) in [6.45, 7) is 3.50. The number of hydrazone groups is 1. The van der Waals surface area contributed by atoms with Crippen LogP contribution in [0.5, 0.6) is 0 Å². The summed E-state index contributed by atoms with van der Waals surface area (Å²) < 4.78 is 5.28. The first-order chi connectivity index (χ1) is 9.49. The Labute approximate surface area is 126 Å². The minimum Gasteiger partial charge on any atom is -0.466 e. The van der Waals surface area contributed by atoms with Crippen molar-refractivity contribution < 1.29 is 9.21 Å². The van der Waals surface area contributed by atoms with Gasteiger partial charge in [-0.25, -0.2) is 5.43 Å². The number of hydrogen-bond acceptors (Lipinski definition) is 3. The second-order valence-electron chi connectivity index (χ2n) is 4.17. The van der Waals surface area contributed by atoms with Gasteiger partial charge >= 0.3 is 0 Å². The molecular formula is C14H12Cl2N2O2. The van der Waals surface area contributed by atoms with E-state index in [-0.39, 0.29) is 5.91 Å². The van der Waals surface area contributed by atoms with Gasteiger partial charge in [0.05, 0.1) is 21.8 Å². The molecule has 0 aliphatic rings. The van der Waals surface area contributed by atoms with Crippen LogP contribution in [-0.4, -0.2) is 12.1 Å². The maximum atomic E-state index is 11.9. The highest BCUT2D eigenvalue weighted by Gasteiger charge is 2.12. The SMILES string of the molecule is Cc1cc(C(=O)NN=Cc2cccc(Cl)c2Cl)c(C)o1. The number of carbonyl (C=O) groups is 1. The van der Waals surface area contributed by atoms with E-state index in [0.29, 0.717) is 32.7 Å². The van der Waals surface area contributed by atoms with Crippen LogP contribution in [0.15, 0.2) is 33.8 Å². The Morgan fingerprint density at radius 2 is 2.10 bits per heavy atom. The van der Waals surface area contributed by atoms with Gasteiger partial charge in [-0.3, -0.25) is 4.79 Å². The first-order valence-electron chi connectivity index (χ1n) is 5.83. The van der Waals surface area contributed by atoms with Gasteiger partial charge in [0.25, 0.3) is 5.91 Å². The van der Waals surface area contributed by atoms with Crippen LogP contribution in [0.3, 0.4) is 0 Å². The molecule has 0 saturated heterocycles. The van der Waals surface area contributed by atoms with Gasteiger partial charge in [0.1, 0.15) is 11.5 Å². The van der Waals surface area contributed by atoms with Crippen molar-refractivity contribution in [2.75, 3.05) is 0 Å². The highest BCUT2D eigenvalue weighted by Crippen LogP contribution is 2.24. The number of aryl methyl sites for hydroxylation is 2. The van der Waals surface area contributed by atoms with E-state index < -0.39 is 0 Å². The number of nitrogens with zero attached hydrogens (tertiary/aromatic N) is 1. The van der Waals surface area contributed by atoms with Gasteiger partial charge in [-0.15, -0.1) is 0 Å². The van der Waals surface area contributed by atoms with E-state index in [2.05, 4.69) is 10.5 Å². The molecule has 0 aliphatic carbocycles. The Morgan fingerprint density at radius 1 is 1.35 bits per heavy atom. The van der Waals surface area contributed by atoms with E-state index in [1.165, 1.54) is 6.21 Å². The molecule has 1 aromatic carbocycles. The third kappa shape index (κ3) is 3.21. The summed E-state index contributed by atoms with van der Waals surface area (Å²) in [6.07, 6.45) is 1.44. The molecule has 1 aromatic heterocycles. The van der Waals surface area contributed by atoms with E-state index >= 15 is 0 Å². The van der Waals surface area contributed by atoms with E-state index in [9.17, 15) is 4.79 Å².